The van der Waals surface area contributed by atoms with E-state index in [1.165, 1.54) is 51.4 Å². The molecule has 0 spiro atoms. The molecule has 2 fully saturated rings. The maximum absolute atomic E-state index is 11.9. The van der Waals surface area contributed by atoms with Gasteiger partial charge in [-0.3, -0.25) is 0 Å². The molecule has 156 valence electrons. The van der Waals surface area contributed by atoms with Gasteiger partial charge in [-0.1, -0.05) is 58.9 Å². The van der Waals surface area contributed by atoms with E-state index in [0.717, 1.165) is 36.2 Å². The lowest BCUT2D eigenvalue weighted by atomic mass is 9.47. The van der Waals surface area contributed by atoms with Crippen LogP contribution in [0.5, 0.6) is 0 Å². The van der Waals surface area contributed by atoms with Crippen LogP contribution in [0.15, 0.2) is 36.0 Å². The second kappa shape index (κ2) is 7.15. The molecule has 4 aliphatic rings. The first-order valence-corrected chi connectivity index (χ1v) is 12.0. The molecule has 2 saturated carbocycles. The van der Waals surface area contributed by atoms with Crippen molar-refractivity contribution in [2.45, 2.75) is 97.5 Å². The first kappa shape index (κ1) is 20.5. The van der Waals surface area contributed by atoms with Crippen molar-refractivity contribution in [2.75, 3.05) is 0 Å². The molecular formula is C27H42O. The van der Waals surface area contributed by atoms with Gasteiger partial charge in [0.1, 0.15) is 0 Å². The normalized spacial score (nSPS) is 44.6. The van der Waals surface area contributed by atoms with Crippen molar-refractivity contribution in [1.82, 2.24) is 0 Å². The van der Waals surface area contributed by atoms with E-state index in [0.29, 0.717) is 11.3 Å². The standard InChI is InChI=1S/C27H42O/c1-19(2)9-8-10-20(3)27(28)18-15-24-22-13-12-21-11-6-7-16-25(21,4)23(22)14-17-26(24,27)5/h6,11-12,19,22-24,28H,3,7-10,13-18H2,1-2,4-5H3/t22-,23+,24+,25+,26+,27+/m1/s1. The fourth-order valence-corrected chi connectivity index (χ4v) is 7.83. The van der Waals surface area contributed by atoms with Crippen molar-refractivity contribution in [3.05, 3.63) is 36.0 Å². The molecule has 0 amide bonds. The van der Waals surface area contributed by atoms with E-state index < -0.39 is 5.60 Å². The minimum absolute atomic E-state index is 0.0231. The molecule has 0 heterocycles. The third-order valence-electron chi connectivity index (χ3n) is 9.65. The Hall–Kier alpha value is -0.820. The number of allylic oxidation sites excluding steroid dienone is 4. The van der Waals surface area contributed by atoms with Crippen LogP contribution in [-0.4, -0.2) is 10.7 Å². The third-order valence-corrected chi connectivity index (χ3v) is 9.65. The van der Waals surface area contributed by atoms with Crippen LogP contribution < -0.4 is 0 Å². The monoisotopic (exact) mass is 382 g/mol. The Morgan fingerprint density at radius 2 is 1.93 bits per heavy atom. The molecule has 0 aromatic heterocycles. The van der Waals surface area contributed by atoms with Crippen molar-refractivity contribution in [3.63, 3.8) is 0 Å². The van der Waals surface area contributed by atoms with Crippen LogP contribution in [0.25, 0.3) is 0 Å². The van der Waals surface area contributed by atoms with Gasteiger partial charge < -0.3 is 5.11 Å². The van der Waals surface area contributed by atoms with Crippen LogP contribution in [0.3, 0.4) is 0 Å². The number of hydrogen-bond acceptors (Lipinski definition) is 1. The second-order valence-corrected chi connectivity index (χ2v) is 11.4. The van der Waals surface area contributed by atoms with Crippen LogP contribution in [0.1, 0.15) is 91.9 Å². The molecule has 0 unspecified atom stereocenters. The molecule has 4 aliphatic carbocycles. The zero-order chi connectivity index (χ0) is 20.2. The maximum atomic E-state index is 11.9. The summed E-state index contributed by atoms with van der Waals surface area (Å²) in [6.45, 7) is 14.0. The van der Waals surface area contributed by atoms with E-state index in [1.54, 1.807) is 5.57 Å². The summed E-state index contributed by atoms with van der Waals surface area (Å²) in [7, 11) is 0. The summed E-state index contributed by atoms with van der Waals surface area (Å²) in [6, 6.07) is 0. The van der Waals surface area contributed by atoms with E-state index >= 15 is 0 Å². The van der Waals surface area contributed by atoms with E-state index in [9.17, 15) is 5.11 Å². The summed E-state index contributed by atoms with van der Waals surface area (Å²) in [5.74, 6) is 2.93. The molecule has 0 aromatic rings. The Bertz CT molecular complexity index is 684. The zero-order valence-electron chi connectivity index (χ0n) is 18.8. The van der Waals surface area contributed by atoms with Gasteiger partial charge >= 0.3 is 0 Å². The van der Waals surface area contributed by atoms with Gasteiger partial charge in [-0.2, -0.15) is 0 Å². The molecule has 1 N–H and O–H groups in total. The number of aliphatic hydroxyl groups is 1. The molecule has 4 rings (SSSR count). The minimum Gasteiger partial charge on any atom is -0.385 e. The first-order valence-electron chi connectivity index (χ1n) is 12.0. The molecule has 0 saturated heterocycles. The first-order chi connectivity index (χ1) is 13.2. The number of hydrogen-bond donors (Lipinski definition) is 1. The molecular weight excluding hydrogens is 340 g/mol. The smallest absolute Gasteiger partial charge is 0.0910 e. The Morgan fingerprint density at radius 3 is 2.68 bits per heavy atom. The lowest BCUT2D eigenvalue weighted by Crippen LogP contribution is -2.54. The summed E-state index contributed by atoms with van der Waals surface area (Å²) in [4.78, 5) is 0. The average Bonchev–Trinajstić information content (AvgIpc) is 2.93. The molecule has 0 radical (unpaired) electrons. The topological polar surface area (TPSA) is 20.2 Å². The lowest BCUT2D eigenvalue weighted by molar-refractivity contribution is -0.103. The largest absolute Gasteiger partial charge is 0.385 e. The van der Waals surface area contributed by atoms with Gasteiger partial charge in [0.05, 0.1) is 5.60 Å². The molecule has 28 heavy (non-hydrogen) atoms. The summed E-state index contributed by atoms with van der Waals surface area (Å²) >= 11 is 0. The zero-order valence-corrected chi connectivity index (χ0v) is 18.8. The highest BCUT2D eigenvalue weighted by molar-refractivity contribution is 5.35. The Kier molecular flexibility index (Phi) is 5.22. The number of fused-ring (bicyclic) bond motifs is 5. The van der Waals surface area contributed by atoms with E-state index in [-0.39, 0.29) is 5.41 Å². The predicted molar refractivity (Wildman–Crippen MR) is 119 cm³/mol. The highest BCUT2D eigenvalue weighted by Gasteiger charge is 2.63. The van der Waals surface area contributed by atoms with Crippen LogP contribution in [-0.2, 0) is 0 Å². The molecule has 1 heteroatoms. The van der Waals surface area contributed by atoms with Crippen molar-refractivity contribution in [1.29, 1.82) is 0 Å². The van der Waals surface area contributed by atoms with E-state index in [4.69, 9.17) is 0 Å². The van der Waals surface area contributed by atoms with Crippen LogP contribution in [0, 0.1) is 34.5 Å². The summed E-state index contributed by atoms with van der Waals surface area (Å²) in [5, 5.41) is 11.9. The third kappa shape index (κ3) is 2.91. The van der Waals surface area contributed by atoms with Gasteiger partial charge in [-0.05, 0) is 98.0 Å². The fraction of sp³-hybridized carbons (Fsp3) is 0.778. The molecule has 0 bridgehead atoms. The molecule has 0 aliphatic heterocycles. The Balaban J connectivity index is 1.56. The summed E-state index contributed by atoms with van der Waals surface area (Å²) in [5.41, 5.74) is 2.49. The molecule has 0 aromatic carbocycles. The highest BCUT2D eigenvalue weighted by atomic mass is 16.3. The summed E-state index contributed by atoms with van der Waals surface area (Å²) < 4.78 is 0. The maximum Gasteiger partial charge on any atom is 0.0910 e. The highest BCUT2D eigenvalue weighted by Crippen LogP contribution is 2.67. The Morgan fingerprint density at radius 1 is 1.18 bits per heavy atom. The molecule has 6 atom stereocenters. The van der Waals surface area contributed by atoms with Gasteiger partial charge in [-0.25, -0.2) is 0 Å². The quantitative estimate of drug-likeness (QED) is 0.497. The van der Waals surface area contributed by atoms with Gasteiger partial charge in [0, 0.05) is 5.41 Å². The summed E-state index contributed by atoms with van der Waals surface area (Å²) in [6.07, 6.45) is 19.1. The van der Waals surface area contributed by atoms with Crippen LogP contribution >= 0.6 is 0 Å². The van der Waals surface area contributed by atoms with Crippen molar-refractivity contribution >= 4 is 0 Å². The van der Waals surface area contributed by atoms with E-state index in [1.807, 2.05) is 0 Å². The second-order valence-electron chi connectivity index (χ2n) is 11.4. The van der Waals surface area contributed by atoms with Gasteiger partial charge in [0.15, 0.2) is 0 Å². The fourth-order valence-electron chi connectivity index (χ4n) is 7.83. The predicted octanol–water partition coefficient (Wildman–Crippen LogP) is 7.23. The minimum atomic E-state index is -0.642. The number of rotatable bonds is 5. The van der Waals surface area contributed by atoms with Crippen LogP contribution in [0.2, 0.25) is 0 Å². The Labute approximate surface area is 173 Å². The lowest BCUT2D eigenvalue weighted by Gasteiger charge is -2.58. The van der Waals surface area contributed by atoms with Crippen molar-refractivity contribution in [2.24, 2.45) is 34.5 Å². The van der Waals surface area contributed by atoms with Gasteiger partial charge in [0.2, 0.25) is 0 Å². The van der Waals surface area contributed by atoms with Gasteiger partial charge in [-0.15, -0.1) is 0 Å². The molecule has 1 nitrogen and oxygen atoms in total. The average molecular weight is 383 g/mol. The van der Waals surface area contributed by atoms with Crippen molar-refractivity contribution in [3.8, 4) is 0 Å². The van der Waals surface area contributed by atoms with E-state index in [2.05, 4.69) is 52.5 Å². The SMILES string of the molecule is C=C(CCCC(C)C)[C@@]1(O)CC[C@H]2[C@@H]3CC=C4C=CCC[C@]4(C)[C@H]3CC[C@@]21C. The van der Waals surface area contributed by atoms with Gasteiger partial charge in [0.25, 0.3) is 0 Å². The van der Waals surface area contributed by atoms with Crippen LogP contribution in [0.4, 0.5) is 0 Å². The van der Waals surface area contributed by atoms with Crippen molar-refractivity contribution < 1.29 is 5.11 Å².